The molecule has 0 amide bonds. The van der Waals surface area contributed by atoms with Gasteiger partial charge in [-0.2, -0.15) is 0 Å². The average Bonchev–Trinajstić information content (AvgIpc) is 2.69. The molecule has 0 aliphatic carbocycles. The van der Waals surface area contributed by atoms with Gasteiger partial charge in [-0.25, -0.2) is 4.99 Å². The van der Waals surface area contributed by atoms with Crippen molar-refractivity contribution >= 4 is 23.4 Å². The quantitative estimate of drug-likeness (QED) is 0.370. The van der Waals surface area contributed by atoms with Crippen molar-refractivity contribution in [2.75, 3.05) is 0 Å². The van der Waals surface area contributed by atoms with Gasteiger partial charge in [0.2, 0.25) is 0 Å². The molecule has 0 bridgehead atoms. The lowest BCUT2D eigenvalue weighted by Gasteiger charge is -2.03. The van der Waals surface area contributed by atoms with Crippen LogP contribution in [0.15, 0.2) is 83.9 Å². The Morgan fingerprint density at radius 2 is 1.41 bits per heavy atom. The van der Waals surface area contributed by atoms with Crippen molar-refractivity contribution in [2.45, 2.75) is 13.8 Å². The standard InChI is InChI=1S/C24H22N2O/c1-17-3-14-23(15-4-17)26-24(25)16-7-19-5-8-21(9-6-19)22-12-10-20(11-13-22)18(2)27/h3-16H,1-2H3,(H2,25,26)/b16-7+. The lowest BCUT2D eigenvalue weighted by Crippen LogP contribution is -2.06. The fourth-order valence-corrected chi connectivity index (χ4v) is 2.67. The van der Waals surface area contributed by atoms with Gasteiger partial charge in [-0.15, -0.1) is 0 Å². The number of benzene rings is 3. The lowest BCUT2D eigenvalue weighted by molar-refractivity contribution is 0.101. The topological polar surface area (TPSA) is 55.5 Å². The van der Waals surface area contributed by atoms with Crippen LogP contribution in [0.25, 0.3) is 17.2 Å². The molecule has 0 spiro atoms. The third-order valence-electron chi connectivity index (χ3n) is 4.27. The number of Topliss-reactive ketones (excluding diaryl/α,β-unsaturated/α-hetero) is 1. The van der Waals surface area contributed by atoms with Crippen molar-refractivity contribution < 1.29 is 4.79 Å². The third kappa shape index (κ3) is 5.02. The zero-order chi connectivity index (χ0) is 19.2. The minimum Gasteiger partial charge on any atom is -0.384 e. The molecule has 134 valence electrons. The molecule has 3 nitrogen and oxygen atoms in total. The number of carbonyl (C=O) groups is 1. The van der Waals surface area contributed by atoms with Crippen LogP contribution in [0.2, 0.25) is 0 Å². The number of hydrogen-bond donors (Lipinski definition) is 1. The van der Waals surface area contributed by atoms with Gasteiger partial charge < -0.3 is 5.73 Å². The maximum Gasteiger partial charge on any atom is 0.159 e. The number of nitrogens with zero attached hydrogens (tertiary/aromatic N) is 1. The van der Waals surface area contributed by atoms with Gasteiger partial charge in [-0.3, -0.25) is 4.79 Å². The molecule has 0 unspecified atom stereocenters. The van der Waals surface area contributed by atoms with Crippen molar-refractivity contribution in [3.05, 3.63) is 95.6 Å². The number of amidine groups is 1. The Bertz CT molecular complexity index is 980. The maximum atomic E-state index is 11.4. The van der Waals surface area contributed by atoms with Crippen LogP contribution in [-0.4, -0.2) is 11.6 Å². The Kier molecular flexibility index (Phi) is 5.62. The van der Waals surface area contributed by atoms with E-state index in [9.17, 15) is 4.79 Å². The predicted octanol–water partition coefficient (Wildman–Crippen LogP) is 5.57. The summed E-state index contributed by atoms with van der Waals surface area (Å²) in [5.41, 5.74) is 12.0. The molecular weight excluding hydrogens is 332 g/mol. The van der Waals surface area contributed by atoms with Crippen molar-refractivity contribution in [3.8, 4) is 11.1 Å². The fourth-order valence-electron chi connectivity index (χ4n) is 2.67. The summed E-state index contributed by atoms with van der Waals surface area (Å²) in [6.45, 7) is 3.61. The number of hydrogen-bond acceptors (Lipinski definition) is 2. The van der Waals surface area contributed by atoms with Crippen molar-refractivity contribution in [3.63, 3.8) is 0 Å². The number of aryl methyl sites for hydroxylation is 1. The van der Waals surface area contributed by atoms with Crippen LogP contribution in [0.5, 0.6) is 0 Å². The number of ketones is 1. The van der Waals surface area contributed by atoms with Crippen molar-refractivity contribution in [2.24, 2.45) is 10.7 Å². The molecule has 3 rings (SSSR count). The molecule has 0 aliphatic heterocycles. The third-order valence-corrected chi connectivity index (χ3v) is 4.27. The summed E-state index contributed by atoms with van der Waals surface area (Å²) in [7, 11) is 0. The fraction of sp³-hybridized carbons (Fsp3) is 0.0833. The van der Waals surface area contributed by atoms with Gasteiger partial charge in [-0.1, -0.05) is 72.3 Å². The summed E-state index contributed by atoms with van der Waals surface area (Å²) in [5, 5.41) is 0. The highest BCUT2D eigenvalue weighted by Crippen LogP contribution is 2.21. The van der Waals surface area contributed by atoms with E-state index in [4.69, 9.17) is 5.73 Å². The number of rotatable bonds is 5. The molecule has 0 saturated carbocycles. The van der Waals surface area contributed by atoms with E-state index in [1.807, 2.05) is 73.7 Å². The van der Waals surface area contributed by atoms with Gasteiger partial charge in [-0.05, 0) is 48.7 Å². The van der Waals surface area contributed by atoms with Gasteiger partial charge in [0.05, 0.1) is 5.69 Å². The number of carbonyl (C=O) groups excluding carboxylic acids is 1. The monoisotopic (exact) mass is 354 g/mol. The molecule has 27 heavy (non-hydrogen) atoms. The van der Waals surface area contributed by atoms with Crippen LogP contribution in [0.1, 0.15) is 28.4 Å². The van der Waals surface area contributed by atoms with Crippen LogP contribution in [0.3, 0.4) is 0 Å². The summed E-state index contributed by atoms with van der Waals surface area (Å²) >= 11 is 0. The molecule has 3 aromatic rings. The second-order valence-corrected chi connectivity index (χ2v) is 6.46. The van der Waals surface area contributed by atoms with Crippen LogP contribution < -0.4 is 5.73 Å². The molecule has 0 radical (unpaired) electrons. The molecule has 2 N–H and O–H groups in total. The van der Waals surface area contributed by atoms with E-state index in [0.717, 1.165) is 27.9 Å². The molecule has 0 heterocycles. The van der Waals surface area contributed by atoms with E-state index in [1.54, 1.807) is 13.0 Å². The predicted molar refractivity (Wildman–Crippen MR) is 113 cm³/mol. The summed E-state index contributed by atoms with van der Waals surface area (Å²) in [6.07, 6.45) is 3.74. The zero-order valence-electron chi connectivity index (χ0n) is 15.5. The number of aliphatic imine (C=N–C) groups is 1. The molecule has 3 aromatic carbocycles. The van der Waals surface area contributed by atoms with Gasteiger partial charge in [0.25, 0.3) is 0 Å². The summed E-state index contributed by atoms with van der Waals surface area (Å²) in [4.78, 5) is 15.8. The van der Waals surface area contributed by atoms with Gasteiger partial charge >= 0.3 is 0 Å². The van der Waals surface area contributed by atoms with Crippen LogP contribution in [0.4, 0.5) is 5.69 Å². The zero-order valence-corrected chi connectivity index (χ0v) is 15.5. The van der Waals surface area contributed by atoms with Crippen LogP contribution in [0, 0.1) is 6.92 Å². The highest BCUT2D eigenvalue weighted by Gasteiger charge is 2.01. The first-order valence-corrected chi connectivity index (χ1v) is 8.81. The van der Waals surface area contributed by atoms with Gasteiger partial charge in [0, 0.05) is 5.56 Å². The van der Waals surface area contributed by atoms with Gasteiger partial charge in [0.1, 0.15) is 5.84 Å². The Balaban J connectivity index is 1.70. The highest BCUT2D eigenvalue weighted by atomic mass is 16.1. The first-order chi connectivity index (χ1) is 13.0. The van der Waals surface area contributed by atoms with E-state index >= 15 is 0 Å². The molecule has 3 heteroatoms. The summed E-state index contributed by atoms with van der Waals surface area (Å²) in [5.74, 6) is 0.537. The minimum absolute atomic E-state index is 0.0759. The Hall–Kier alpha value is -3.46. The Labute approximate surface area is 159 Å². The minimum atomic E-state index is 0.0759. The van der Waals surface area contributed by atoms with E-state index < -0.39 is 0 Å². The molecule has 0 aromatic heterocycles. The van der Waals surface area contributed by atoms with Crippen LogP contribution in [-0.2, 0) is 0 Å². The largest absolute Gasteiger partial charge is 0.384 e. The van der Waals surface area contributed by atoms with Crippen molar-refractivity contribution in [1.29, 1.82) is 0 Å². The van der Waals surface area contributed by atoms with E-state index in [-0.39, 0.29) is 5.78 Å². The first kappa shape index (κ1) is 18.3. The molecule has 0 aliphatic rings. The normalized spacial score (nSPS) is 11.7. The number of nitrogens with two attached hydrogens (primary N) is 1. The smallest absolute Gasteiger partial charge is 0.159 e. The SMILES string of the molecule is CC(=O)c1ccc(-c2ccc(/C=C/C(N)=Nc3ccc(C)cc3)cc2)cc1. The average molecular weight is 354 g/mol. The van der Waals surface area contributed by atoms with Crippen molar-refractivity contribution in [1.82, 2.24) is 0 Å². The van der Waals surface area contributed by atoms with Crippen LogP contribution >= 0.6 is 0 Å². The highest BCUT2D eigenvalue weighted by molar-refractivity contribution is 5.97. The maximum absolute atomic E-state index is 11.4. The summed E-state index contributed by atoms with van der Waals surface area (Å²) in [6, 6.07) is 23.7. The van der Waals surface area contributed by atoms with E-state index in [0.29, 0.717) is 5.84 Å². The molecule has 0 atom stereocenters. The first-order valence-electron chi connectivity index (χ1n) is 8.81. The molecular formula is C24H22N2O. The second kappa shape index (κ2) is 8.28. The lowest BCUT2D eigenvalue weighted by atomic mass is 10.0. The molecule has 0 fully saturated rings. The Morgan fingerprint density at radius 3 is 1.96 bits per heavy atom. The second-order valence-electron chi connectivity index (χ2n) is 6.46. The van der Waals surface area contributed by atoms with E-state index in [2.05, 4.69) is 17.1 Å². The summed E-state index contributed by atoms with van der Waals surface area (Å²) < 4.78 is 0. The Morgan fingerprint density at radius 1 is 0.852 bits per heavy atom. The van der Waals surface area contributed by atoms with Gasteiger partial charge in [0.15, 0.2) is 5.78 Å². The molecule has 0 saturated heterocycles. The van der Waals surface area contributed by atoms with E-state index in [1.165, 1.54) is 5.56 Å².